The Bertz CT molecular complexity index is 1410. The van der Waals surface area contributed by atoms with Crippen molar-refractivity contribution in [3.63, 3.8) is 0 Å². The average molecular weight is 548 g/mol. The number of thiophene rings is 1. The number of rotatable bonds is 3. The number of amides is 1. The summed E-state index contributed by atoms with van der Waals surface area (Å²) in [4.78, 5) is 32.9. The number of ether oxygens (including phenoxy) is 1. The Balaban J connectivity index is 1.59. The Labute approximate surface area is 206 Å². The molecule has 0 bridgehead atoms. The number of halogens is 3. The van der Waals surface area contributed by atoms with Crippen molar-refractivity contribution in [1.29, 1.82) is 0 Å². The van der Waals surface area contributed by atoms with E-state index >= 15 is 0 Å². The van der Waals surface area contributed by atoms with Gasteiger partial charge in [-0.05, 0) is 47.0 Å². The predicted molar refractivity (Wildman–Crippen MR) is 129 cm³/mol. The van der Waals surface area contributed by atoms with Crippen LogP contribution >= 0.6 is 27.3 Å². The molecule has 1 atom stereocenters. The smallest absolute Gasteiger partial charge is 0.263 e. The van der Waals surface area contributed by atoms with Gasteiger partial charge in [0.2, 0.25) is 5.91 Å². The number of aromatic nitrogens is 2. The van der Waals surface area contributed by atoms with Crippen LogP contribution in [-0.4, -0.2) is 52.3 Å². The molecule has 34 heavy (non-hydrogen) atoms. The second kappa shape index (κ2) is 8.87. The summed E-state index contributed by atoms with van der Waals surface area (Å²) in [5, 5.41) is 0.324. The Hall–Kier alpha value is -2.61. The minimum atomic E-state index is -1.39. The van der Waals surface area contributed by atoms with E-state index in [9.17, 15) is 18.4 Å². The van der Waals surface area contributed by atoms with Gasteiger partial charge >= 0.3 is 0 Å². The molecule has 176 valence electrons. The second-order valence-corrected chi connectivity index (χ2v) is 10.6. The highest BCUT2D eigenvalue weighted by atomic mass is 79.9. The zero-order chi connectivity index (χ0) is 24.0. The average Bonchev–Trinajstić information content (AvgIpc) is 3.42. The minimum absolute atomic E-state index is 0.00812. The first-order chi connectivity index (χ1) is 16.2. The molecule has 10 heteroatoms. The molecular formula is C24H20BrF2N3O3S. The van der Waals surface area contributed by atoms with Gasteiger partial charge in [0.1, 0.15) is 22.9 Å². The van der Waals surface area contributed by atoms with Crippen molar-refractivity contribution in [3.05, 3.63) is 50.0 Å². The lowest BCUT2D eigenvalue weighted by atomic mass is 9.99. The van der Waals surface area contributed by atoms with Gasteiger partial charge in [0, 0.05) is 18.1 Å². The van der Waals surface area contributed by atoms with Crippen LogP contribution in [0, 0.1) is 23.6 Å². The summed E-state index contributed by atoms with van der Waals surface area (Å²) in [5.41, 5.74) is -0.611. The number of fused-ring (bicyclic) bond motifs is 1. The Morgan fingerprint density at radius 1 is 1.41 bits per heavy atom. The van der Waals surface area contributed by atoms with Crippen LogP contribution in [-0.2, 0) is 16.1 Å². The molecule has 6 nitrogen and oxygen atoms in total. The van der Waals surface area contributed by atoms with Crippen LogP contribution in [0.15, 0.2) is 33.8 Å². The van der Waals surface area contributed by atoms with E-state index < -0.39 is 17.0 Å². The van der Waals surface area contributed by atoms with Crippen LogP contribution in [0.1, 0.15) is 18.2 Å². The van der Waals surface area contributed by atoms with Crippen LogP contribution in [0.3, 0.4) is 0 Å². The minimum Gasteiger partial charge on any atom is -0.380 e. The number of nitrogens with zero attached hydrogens (tertiary/aromatic N) is 3. The quantitative estimate of drug-likeness (QED) is 0.465. The summed E-state index contributed by atoms with van der Waals surface area (Å²) in [5.74, 6) is 5.74. The summed E-state index contributed by atoms with van der Waals surface area (Å²) in [6.45, 7) is 2.46. The van der Waals surface area contributed by atoms with Crippen molar-refractivity contribution in [2.24, 2.45) is 5.92 Å². The molecule has 0 spiro atoms. The van der Waals surface area contributed by atoms with Gasteiger partial charge in [-0.15, -0.1) is 11.3 Å². The Kier molecular flexibility index (Phi) is 6.04. The lowest BCUT2D eigenvalue weighted by Gasteiger charge is -2.42. The summed E-state index contributed by atoms with van der Waals surface area (Å²) in [6, 6.07) is 4.52. The van der Waals surface area contributed by atoms with Crippen LogP contribution in [0.2, 0.25) is 0 Å². The lowest BCUT2D eigenvalue weighted by molar-refractivity contribution is -0.144. The van der Waals surface area contributed by atoms with E-state index in [-0.39, 0.29) is 35.9 Å². The maximum atomic E-state index is 13.9. The van der Waals surface area contributed by atoms with Crippen molar-refractivity contribution in [2.45, 2.75) is 25.6 Å². The molecule has 0 saturated carbocycles. The highest BCUT2D eigenvalue weighted by Crippen LogP contribution is 2.37. The molecule has 2 aromatic heterocycles. The summed E-state index contributed by atoms with van der Waals surface area (Å²) in [6.07, 6.45) is 2.18. The first kappa shape index (κ1) is 23.1. The van der Waals surface area contributed by atoms with E-state index in [4.69, 9.17) is 4.74 Å². The molecule has 2 aliphatic rings. The van der Waals surface area contributed by atoms with E-state index in [1.54, 1.807) is 12.1 Å². The van der Waals surface area contributed by atoms with Gasteiger partial charge in [-0.2, -0.15) is 0 Å². The van der Waals surface area contributed by atoms with Gasteiger partial charge in [-0.1, -0.05) is 17.9 Å². The molecule has 0 aliphatic carbocycles. The molecule has 1 unspecified atom stereocenters. The fourth-order valence-electron chi connectivity index (χ4n) is 4.14. The zero-order valence-corrected chi connectivity index (χ0v) is 20.6. The highest BCUT2D eigenvalue weighted by molar-refractivity contribution is 9.10. The van der Waals surface area contributed by atoms with Gasteiger partial charge in [-0.3, -0.25) is 14.2 Å². The largest absolute Gasteiger partial charge is 0.380 e. The van der Waals surface area contributed by atoms with Gasteiger partial charge in [0.05, 0.1) is 40.8 Å². The molecular weight excluding hydrogens is 528 g/mol. The van der Waals surface area contributed by atoms with Gasteiger partial charge < -0.3 is 9.64 Å². The van der Waals surface area contributed by atoms with Crippen molar-refractivity contribution in [3.8, 4) is 23.0 Å². The summed E-state index contributed by atoms with van der Waals surface area (Å²) < 4.78 is 34.6. The molecule has 0 N–H and O–H groups in total. The second-order valence-electron chi connectivity index (χ2n) is 8.79. The first-order valence-electron chi connectivity index (χ1n) is 10.8. The zero-order valence-electron chi connectivity index (χ0n) is 18.2. The van der Waals surface area contributed by atoms with E-state index in [1.165, 1.54) is 40.1 Å². The molecule has 5 rings (SSSR count). The van der Waals surface area contributed by atoms with Crippen molar-refractivity contribution >= 4 is 43.4 Å². The Morgan fingerprint density at radius 3 is 2.88 bits per heavy atom. The molecule has 2 aliphatic heterocycles. The SMILES string of the molecule is CC1(F)CN(C(=O)Cn2cnc3sc(C#CC4CCOC4)c(-c4ccc(F)c(Br)c4)c3c2=O)C1. The molecule has 3 aromatic rings. The van der Waals surface area contributed by atoms with Crippen LogP contribution in [0.4, 0.5) is 8.78 Å². The highest BCUT2D eigenvalue weighted by Gasteiger charge is 2.41. The number of carbonyl (C=O) groups is 1. The first-order valence-corrected chi connectivity index (χ1v) is 12.4. The molecule has 2 saturated heterocycles. The lowest BCUT2D eigenvalue weighted by Crippen LogP contribution is -2.60. The number of carbonyl (C=O) groups excluding carboxylic acids is 1. The Morgan fingerprint density at radius 2 is 2.21 bits per heavy atom. The standard InChI is InChI=1S/C24H20BrF2N3O3S/c1-24(27)11-30(12-24)19(31)9-29-13-28-22-21(23(29)32)20(15-3-4-17(26)16(25)8-15)18(34-22)5-2-14-6-7-33-10-14/h3-4,8,13-14H,6-7,9-12H2,1H3. The van der Waals surface area contributed by atoms with Crippen LogP contribution < -0.4 is 5.56 Å². The van der Waals surface area contributed by atoms with Crippen LogP contribution in [0.25, 0.3) is 21.3 Å². The number of alkyl halides is 1. The predicted octanol–water partition coefficient (Wildman–Crippen LogP) is 3.99. The van der Waals surface area contributed by atoms with Crippen molar-refractivity contribution < 1.29 is 18.3 Å². The van der Waals surface area contributed by atoms with Crippen molar-refractivity contribution in [2.75, 3.05) is 26.3 Å². The summed E-state index contributed by atoms with van der Waals surface area (Å²) in [7, 11) is 0. The van der Waals surface area contributed by atoms with E-state index in [0.29, 0.717) is 39.4 Å². The van der Waals surface area contributed by atoms with Gasteiger partial charge in [-0.25, -0.2) is 13.8 Å². The topological polar surface area (TPSA) is 64.4 Å². The number of hydrogen-bond donors (Lipinski definition) is 0. The molecule has 1 aromatic carbocycles. The molecule has 4 heterocycles. The van der Waals surface area contributed by atoms with Crippen molar-refractivity contribution in [1.82, 2.24) is 14.5 Å². The molecule has 1 amide bonds. The monoisotopic (exact) mass is 547 g/mol. The van der Waals surface area contributed by atoms with Crippen LogP contribution in [0.5, 0.6) is 0 Å². The summed E-state index contributed by atoms with van der Waals surface area (Å²) >= 11 is 4.50. The fourth-order valence-corrected chi connectivity index (χ4v) is 5.54. The number of likely N-dealkylation sites (tertiary alicyclic amines) is 1. The third kappa shape index (κ3) is 4.40. The fraction of sp³-hybridized carbons (Fsp3) is 0.375. The van der Waals surface area contributed by atoms with E-state index in [0.717, 1.165) is 6.42 Å². The normalized spacial score (nSPS) is 19.1. The molecule has 0 radical (unpaired) electrons. The van der Waals surface area contributed by atoms with Gasteiger partial charge in [0.25, 0.3) is 5.56 Å². The third-order valence-electron chi connectivity index (χ3n) is 5.91. The van der Waals surface area contributed by atoms with E-state index in [2.05, 4.69) is 32.8 Å². The third-order valence-corrected chi connectivity index (χ3v) is 7.53. The maximum Gasteiger partial charge on any atom is 0.263 e. The number of benzene rings is 1. The number of hydrogen-bond acceptors (Lipinski definition) is 5. The maximum absolute atomic E-state index is 13.9. The molecule has 2 fully saturated rings. The van der Waals surface area contributed by atoms with Gasteiger partial charge in [0.15, 0.2) is 0 Å². The van der Waals surface area contributed by atoms with E-state index in [1.807, 2.05) is 0 Å².